The quantitative estimate of drug-likeness (QED) is 0.522. The Balaban J connectivity index is 2.73. The molecule has 0 fully saturated rings. The highest BCUT2D eigenvalue weighted by molar-refractivity contribution is 5.49. The van der Waals surface area contributed by atoms with E-state index in [2.05, 4.69) is 4.99 Å². The Kier molecular flexibility index (Phi) is 3.89. The lowest BCUT2D eigenvalue weighted by atomic mass is 10.2. The Hall–Kier alpha value is -1.44. The molecule has 0 amide bonds. The molecule has 0 aliphatic heterocycles. The molecule has 0 heterocycles. The average molecular weight is 177 g/mol. The van der Waals surface area contributed by atoms with Gasteiger partial charge in [-0.2, -0.15) is 4.99 Å². The van der Waals surface area contributed by atoms with Crippen LogP contribution in [0.2, 0.25) is 0 Å². The summed E-state index contributed by atoms with van der Waals surface area (Å²) in [5.41, 5.74) is 1.63. The molecule has 0 saturated carbocycles. The Morgan fingerprint density at radius 2 is 2.38 bits per heavy atom. The highest BCUT2D eigenvalue weighted by Gasteiger charge is 1.93. The van der Waals surface area contributed by atoms with E-state index in [1.54, 1.807) is 12.1 Å². The van der Waals surface area contributed by atoms with Crippen molar-refractivity contribution in [3.05, 3.63) is 29.8 Å². The van der Waals surface area contributed by atoms with Crippen LogP contribution in [-0.2, 0) is 16.1 Å². The van der Waals surface area contributed by atoms with Crippen LogP contribution in [0.25, 0.3) is 0 Å². The van der Waals surface area contributed by atoms with Gasteiger partial charge in [0.15, 0.2) is 0 Å². The van der Waals surface area contributed by atoms with Crippen LogP contribution in [0.4, 0.5) is 5.69 Å². The first kappa shape index (κ1) is 9.65. The van der Waals surface area contributed by atoms with E-state index in [1.165, 1.54) is 6.08 Å². The van der Waals surface area contributed by atoms with Gasteiger partial charge in [0.05, 0.1) is 12.3 Å². The van der Waals surface area contributed by atoms with Crippen molar-refractivity contribution >= 4 is 11.8 Å². The van der Waals surface area contributed by atoms with E-state index in [4.69, 9.17) is 4.74 Å². The van der Waals surface area contributed by atoms with E-state index in [0.717, 1.165) is 5.56 Å². The molecule has 1 aromatic rings. The van der Waals surface area contributed by atoms with E-state index in [0.29, 0.717) is 18.9 Å². The maximum atomic E-state index is 9.98. The summed E-state index contributed by atoms with van der Waals surface area (Å²) < 4.78 is 5.21. The molecule has 3 nitrogen and oxygen atoms in total. The highest BCUT2D eigenvalue weighted by Crippen LogP contribution is 2.13. The summed E-state index contributed by atoms with van der Waals surface area (Å²) in [6, 6.07) is 7.32. The monoisotopic (exact) mass is 177 g/mol. The first-order valence-electron chi connectivity index (χ1n) is 4.11. The minimum atomic E-state index is 0.554. The van der Waals surface area contributed by atoms with Crippen LogP contribution in [0.3, 0.4) is 0 Å². The van der Waals surface area contributed by atoms with Gasteiger partial charge in [0.1, 0.15) is 0 Å². The van der Waals surface area contributed by atoms with E-state index in [9.17, 15) is 4.79 Å². The fraction of sp³-hybridized carbons (Fsp3) is 0.300. The van der Waals surface area contributed by atoms with E-state index < -0.39 is 0 Å². The molecule has 0 aliphatic rings. The number of ether oxygens (including phenoxy) is 1. The molecule has 1 aromatic carbocycles. The number of hydrogen-bond acceptors (Lipinski definition) is 3. The molecule has 0 N–H and O–H groups in total. The largest absolute Gasteiger partial charge is 0.377 e. The van der Waals surface area contributed by atoms with Crippen molar-refractivity contribution in [1.82, 2.24) is 0 Å². The predicted octanol–water partition coefficient (Wildman–Crippen LogP) is 2.19. The van der Waals surface area contributed by atoms with Crippen LogP contribution in [0.15, 0.2) is 29.3 Å². The predicted molar refractivity (Wildman–Crippen MR) is 49.6 cm³/mol. The zero-order valence-corrected chi connectivity index (χ0v) is 7.49. The molecule has 0 radical (unpaired) electrons. The van der Waals surface area contributed by atoms with Gasteiger partial charge in [0, 0.05) is 6.61 Å². The lowest BCUT2D eigenvalue weighted by molar-refractivity contribution is 0.134. The number of carbonyl (C=O) groups excluding carboxylic acids is 1. The topological polar surface area (TPSA) is 38.7 Å². The van der Waals surface area contributed by atoms with Crippen molar-refractivity contribution in [3.8, 4) is 0 Å². The lowest BCUT2D eigenvalue weighted by Gasteiger charge is -2.00. The van der Waals surface area contributed by atoms with Crippen LogP contribution in [-0.4, -0.2) is 12.7 Å². The standard InChI is InChI=1S/C10H11NO2/c1-2-13-7-9-4-3-5-10(6-9)11-8-12/h3-6H,2,7H2,1H3. The molecule has 0 unspecified atom stereocenters. The van der Waals surface area contributed by atoms with Crippen LogP contribution in [0.1, 0.15) is 12.5 Å². The molecule has 0 saturated heterocycles. The average Bonchev–Trinajstić information content (AvgIpc) is 2.16. The maximum absolute atomic E-state index is 9.98. The van der Waals surface area contributed by atoms with E-state index in [1.807, 2.05) is 19.1 Å². The molecule has 68 valence electrons. The Bertz CT molecular complexity index is 316. The van der Waals surface area contributed by atoms with Gasteiger partial charge >= 0.3 is 0 Å². The molecule has 0 aromatic heterocycles. The van der Waals surface area contributed by atoms with Gasteiger partial charge in [-0.25, -0.2) is 4.79 Å². The van der Waals surface area contributed by atoms with Crippen LogP contribution >= 0.6 is 0 Å². The van der Waals surface area contributed by atoms with Gasteiger partial charge < -0.3 is 4.74 Å². The summed E-state index contributed by atoms with van der Waals surface area (Å²) in [5.74, 6) is 0. The fourth-order valence-electron chi connectivity index (χ4n) is 0.988. The van der Waals surface area contributed by atoms with E-state index >= 15 is 0 Å². The van der Waals surface area contributed by atoms with E-state index in [-0.39, 0.29) is 0 Å². The second-order valence-corrected chi connectivity index (χ2v) is 2.51. The third-order valence-corrected chi connectivity index (χ3v) is 1.56. The third-order valence-electron chi connectivity index (χ3n) is 1.56. The summed E-state index contributed by atoms with van der Waals surface area (Å²) in [6.07, 6.45) is 1.50. The summed E-state index contributed by atoms with van der Waals surface area (Å²) in [6.45, 7) is 3.17. The number of hydrogen-bond donors (Lipinski definition) is 0. The zero-order valence-electron chi connectivity index (χ0n) is 7.49. The van der Waals surface area contributed by atoms with Crippen molar-refractivity contribution in [2.45, 2.75) is 13.5 Å². The molecule has 0 atom stereocenters. The van der Waals surface area contributed by atoms with Crippen molar-refractivity contribution in [1.29, 1.82) is 0 Å². The van der Waals surface area contributed by atoms with Gasteiger partial charge in [-0.05, 0) is 24.6 Å². The van der Waals surface area contributed by atoms with Gasteiger partial charge in [-0.15, -0.1) is 0 Å². The SMILES string of the molecule is CCOCc1cccc(N=C=O)c1. The van der Waals surface area contributed by atoms with Crippen molar-refractivity contribution in [3.63, 3.8) is 0 Å². The molecule has 0 spiro atoms. The van der Waals surface area contributed by atoms with Crippen LogP contribution in [0, 0.1) is 0 Å². The smallest absolute Gasteiger partial charge is 0.240 e. The highest BCUT2D eigenvalue weighted by atomic mass is 16.5. The second kappa shape index (κ2) is 5.25. The molecule has 13 heavy (non-hydrogen) atoms. The van der Waals surface area contributed by atoms with Gasteiger partial charge in [0.2, 0.25) is 6.08 Å². The van der Waals surface area contributed by atoms with Crippen molar-refractivity contribution in [2.75, 3.05) is 6.61 Å². The number of isocyanates is 1. The lowest BCUT2D eigenvalue weighted by Crippen LogP contribution is -1.90. The number of nitrogens with zero attached hydrogens (tertiary/aromatic N) is 1. The fourth-order valence-corrected chi connectivity index (χ4v) is 0.988. The first-order valence-corrected chi connectivity index (χ1v) is 4.11. The van der Waals surface area contributed by atoms with Crippen LogP contribution < -0.4 is 0 Å². The van der Waals surface area contributed by atoms with Crippen molar-refractivity contribution < 1.29 is 9.53 Å². The Morgan fingerprint density at radius 3 is 3.08 bits per heavy atom. The Labute approximate surface area is 77.1 Å². The molecule has 0 bridgehead atoms. The van der Waals surface area contributed by atoms with Crippen LogP contribution in [0.5, 0.6) is 0 Å². The molecule has 0 aliphatic carbocycles. The minimum Gasteiger partial charge on any atom is -0.377 e. The Morgan fingerprint density at radius 1 is 1.54 bits per heavy atom. The molecular weight excluding hydrogens is 166 g/mol. The van der Waals surface area contributed by atoms with Gasteiger partial charge in [0.25, 0.3) is 0 Å². The minimum absolute atomic E-state index is 0.554. The summed E-state index contributed by atoms with van der Waals surface area (Å²) >= 11 is 0. The van der Waals surface area contributed by atoms with Gasteiger partial charge in [-0.3, -0.25) is 0 Å². The van der Waals surface area contributed by atoms with Crippen molar-refractivity contribution in [2.24, 2.45) is 4.99 Å². The summed E-state index contributed by atoms with van der Waals surface area (Å²) in [4.78, 5) is 13.5. The number of benzene rings is 1. The summed E-state index contributed by atoms with van der Waals surface area (Å²) in [7, 11) is 0. The third kappa shape index (κ3) is 3.20. The summed E-state index contributed by atoms with van der Waals surface area (Å²) in [5, 5.41) is 0. The maximum Gasteiger partial charge on any atom is 0.240 e. The normalized spacial score (nSPS) is 9.31. The second-order valence-electron chi connectivity index (χ2n) is 2.51. The zero-order chi connectivity index (χ0) is 9.52. The number of rotatable bonds is 4. The number of aliphatic imine (C=N–C) groups is 1. The molecule has 3 heteroatoms. The first-order chi connectivity index (χ1) is 6.36. The molecule has 1 rings (SSSR count). The van der Waals surface area contributed by atoms with Gasteiger partial charge in [-0.1, -0.05) is 12.1 Å². The molecular formula is C10H11NO2.